The minimum absolute atomic E-state index is 0.297. The summed E-state index contributed by atoms with van der Waals surface area (Å²) in [6.07, 6.45) is 10.7. The Morgan fingerprint density at radius 3 is 2.18 bits per heavy atom. The number of nitrogens with zero attached hydrogens (tertiary/aromatic N) is 1. The number of hydrogen-bond donors (Lipinski definition) is 3. The summed E-state index contributed by atoms with van der Waals surface area (Å²) in [4.78, 5) is 5.36. The molecule has 4 aromatic rings. The average molecular weight is 452 g/mol. The first-order chi connectivity index (χ1) is 16.6. The van der Waals surface area contributed by atoms with Gasteiger partial charge in [0.1, 0.15) is 5.75 Å². The Hall–Kier alpha value is -3.60. The van der Waals surface area contributed by atoms with Gasteiger partial charge in [-0.15, -0.1) is 0 Å². The van der Waals surface area contributed by atoms with Gasteiger partial charge < -0.3 is 20.7 Å². The van der Waals surface area contributed by atoms with Crippen molar-refractivity contribution in [2.24, 2.45) is 5.73 Å². The second kappa shape index (κ2) is 11.0. The van der Waals surface area contributed by atoms with Gasteiger partial charge in [-0.3, -0.25) is 0 Å². The van der Waals surface area contributed by atoms with E-state index >= 15 is 0 Å². The SMILES string of the molecule is CN(C)CCC=C1c2ccccc2C=Cc2ccccc21.NCCc1c[nH]c2ccc(O)cc12. The van der Waals surface area contributed by atoms with Crippen molar-refractivity contribution in [3.63, 3.8) is 0 Å². The Labute approximate surface area is 202 Å². The van der Waals surface area contributed by atoms with Crippen LogP contribution in [0.1, 0.15) is 34.2 Å². The standard InChI is InChI=1S/C20H21N.C10H12N2O/c1-21(2)15-7-12-20-18-10-5-3-8-16(18)13-14-17-9-4-6-11-19(17)20;11-4-3-7-6-12-10-2-1-8(13)5-9(7)10/h3-6,8-14H,7,15H2,1-2H3;1-2,5-6,12-13H,3-4,11H2. The third-order valence-corrected chi connectivity index (χ3v) is 6.03. The zero-order valence-corrected chi connectivity index (χ0v) is 20.0. The van der Waals surface area contributed by atoms with Crippen molar-refractivity contribution in [1.29, 1.82) is 0 Å². The molecule has 174 valence electrons. The van der Waals surface area contributed by atoms with E-state index in [0.29, 0.717) is 12.3 Å². The molecule has 0 saturated carbocycles. The van der Waals surface area contributed by atoms with Gasteiger partial charge in [-0.25, -0.2) is 0 Å². The molecule has 1 heterocycles. The van der Waals surface area contributed by atoms with E-state index in [4.69, 9.17) is 5.73 Å². The maximum atomic E-state index is 9.30. The van der Waals surface area contributed by atoms with Crippen LogP contribution in [0.3, 0.4) is 0 Å². The highest BCUT2D eigenvalue weighted by Gasteiger charge is 2.13. The van der Waals surface area contributed by atoms with Gasteiger partial charge in [0, 0.05) is 23.6 Å². The summed E-state index contributed by atoms with van der Waals surface area (Å²) in [5.74, 6) is 0.297. The zero-order chi connectivity index (χ0) is 23.9. The van der Waals surface area contributed by atoms with Crippen LogP contribution in [-0.4, -0.2) is 42.2 Å². The third-order valence-electron chi connectivity index (χ3n) is 6.03. The van der Waals surface area contributed by atoms with Crippen LogP contribution >= 0.6 is 0 Å². The molecule has 0 radical (unpaired) electrons. The topological polar surface area (TPSA) is 65.3 Å². The minimum Gasteiger partial charge on any atom is -0.508 e. The van der Waals surface area contributed by atoms with Crippen molar-refractivity contribution < 1.29 is 5.11 Å². The van der Waals surface area contributed by atoms with E-state index < -0.39 is 0 Å². The van der Waals surface area contributed by atoms with Gasteiger partial charge in [0.2, 0.25) is 0 Å². The van der Waals surface area contributed by atoms with Crippen molar-refractivity contribution in [2.45, 2.75) is 12.8 Å². The Kier molecular flexibility index (Phi) is 7.63. The lowest BCUT2D eigenvalue weighted by Crippen LogP contribution is -2.12. The smallest absolute Gasteiger partial charge is 0.116 e. The van der Waals surface area contributed by atoms with E-state index in [0.717, 1.165) is 35.9 Å². The summed E-state index contributed by atoms with van der Waals surface area (Å²) < 4.78 is 0. The van der Waals surface area contributed by atoms with Crippen molar-refractivity contribution >= 4 is 28.6 Å². The van der Waals surface area contributed by atoms with E-state index in [1.807, 2.05) is 12.3 Å². The molecule has 0 spiro atoms. The van der Waals surface area contributed by atoms with Gasteiger partial charge in [-0.2, -0.15) is 0 Å². The second-order valence-corrected chi connectivity index (χ2v) is 8.80. The van der Waals surface area contributed by atoms with Crippen molar-refractivity contribution in [2.75, 3.05) is 27.2 Å². The number of fused-ring (bicyclic) bond motifs is 3. The summed E-state index contributed by atoms with van der Waals surface area (Å²) in [7, 11) is 4.24. The van der Waals surface area contributed by atoms with Crippen LogP contribution in [0.15, 0.2) is 79.0 Å². The maximum Gasteiger partial charge on any atom is 0.116 e. The normalized spacial score (nSPS) is 12.1. The molecule has 0 unspecified atom stereocenters. The summed E-state index contributed by atoms with van der Waals surface area (Å²) in [6.45, 7) is 1.70. The number of aromatic nitrogens is 1. The molecule has 0 bridgehead atoms. The van der Waals surface area contributed by atoms with E-state index in [1.165, 1.54) is 27.8 Å². The van der Waals surface area contributed by atoms with Gasteiger partial charge in [0.05, 0.1) is 0 Å². The first-order valence-electron chi connectivity index (χ1n) is 11.8. The quantitative estimate of drug-likeness (QED) is 0.310. The van der Waals surface area contributed by atoms with Crippen LogP contribution < -0.4 is 5.73 Å². The molecule has 1 aromatic heterocycles. The molecule has 4 nitrogen and oxygen atoms in total. The summed E-state index contributed by atoms with van der Waals surface area (Å²) in [6, 6.07) is 22.6. The lowest BCUT2D eigenvalue weighted by atomic mass is 9.93. The van der Waals surface area contributed by atoms with Crippen LogP contribution in [-0.2, 0) is 6.42 Å². The number of rotatable bonds is 5. The summed E-state index contributed by atoms with van der Waals surface area (Å²) in [5, 5.41) is 10.4. The molecule has 4 N–H and O–H groups in total. The van der Waals surface area contributed by atoms with E-state index in [1.54, 1.807) is 12.1 Å². The van der Waals surface area contributed by atoms with Gasteiger partial charge in [-0.1, -0.05) is 66.8 Å². The number of hydrogen-bond acceptors (Lipinski definition) is 3. The summed E-state index contributed by atoms with van der Waals surface area (Å²) >= 11 is 0. The molecule has 3 aromatic carbocycles. The second-order valence-electron chi connectivity index (χ2n) is 8.80. The number of phenols is 1. The van der Waals surface area contributed by atoms with E-state index in [9.17, 15) is 5.11 Å². The highest BCUT2D eigenvalue weighted by molar-refractivity contribution is 5.93. The third kappa shape index (κ3) is 5.48. The number of aromatic amines is 1. The maximum absolute atomic E-state index is 9.30. The monoisotopic (exact) mass is 451 g/mol. The Morgan fingerprint density at radius 1 is 0.912 bits per heavy atom. The Bertz CT molecular complexity index is 1260. The molecule has 1 aliphatic rings. The molecule has 34 heavy (non-hydrogen) atoms. The van der Waals surface area contributed by atoms with Crippen LogP contribution in [0.25, 0.3) is 28.6 Å². The minimum atomic E-state index is 0.297. The van der Waals surface area contributed by atoms with Crippen molar-refractivity contribution in [3.05, 3.63) is 107 Å². The number of phenolic OH excluding ortho intramolecular Hbond substituents is 1. The predicted molar refractivity (Wildman–Crippen MR) is 145 cm³/mol. The van der Waals surface area contributed by atoms with Crippen LogP contribution in [0.4, 0.5) is 0 Å². The molecular formula is C30H33N3O. The number of nitrogens with two attached hydrogens (primary N) is 1. The largest absolute Gasteiger partial charge is 0.508 e. The molecule has 4 heteroatoms. The Morgan fingerprint density at radius 2 is 1.56 bits per heavy atom. The molecule has 5 rings (SSSR count). The fraction of sp³-hybridized carbons (Fsp3) is 0.200. The number of aromatic hydroxyl groups is 1. The van der Waals surface area contributed by atoms with Crippen LogP contribution in [0.2, 0.25) is 0 Å². The zero-order valence-electron chi connectivity index (χ0n) is 20.0. The average Bonchev–Trinajstić information content (AvgIpc) is 3.15. The van der Waals surface area contributed by atoms with Gasteiger partial charge in [0.25, 0.3) is 0 Å². The number of nitrogens with one attached hydrogen (secondary N) is 1. The lowest BCUT2D eigenvalue weighted by molar-refractivity contribution is 0.417. The molecule has 0 saturated heterocycles. The molecular weight excluding hydrogens is 418 g/mol. The summed E-state index contributed by atoms with van der Waals surface area (Å²) in [5.41, 5.74) is 14.3. The van der Waals surface area contributed by atoms with E-state index in [-0.39, 0.29) is 0 Å². The number of H-pyrrole nitrogens is 1. The predicted octanol–water partition coefficient (Wildman–Crippen LogP) is 5.93. The van der Waals surface area contributed by atoms with Gasteiger partial charge >= 0.3 is 0 Å². The molecule has 0 amide bonds. The molecule has 0 aliphatic heterocycles. The highest BCUT2D eigenvalue weighted by atomic mass is 16.3. The van der Waals surface area contributed by atoms with E-state index in [2.05, 4.69) is 90.7 Å². The van der Waals surface area contributed by atoms with Gasteiger partial charge in [-0.05, 0) is 85.1 Å². The van der Waals surface area contributed by atoms with Crippen molar-refractivity contribution in [3.8, 4) is 5.75 Å². The Balaban J connectivity index is 0.000000180. The fourth-order valence-electron chi connectivity index (χ4n) is 4.32. The first kappa shape index (κ1) is 23.6. The fourth-order valence-corrected chi connectivity index (χ4v) is 4.32. The molecule has 0 atom stereocenters. The lowest BCUT2D eigenvalue weighted by Gasteiger charge is -2.13. The first-order valence-corrected chi connectivity index (χ1v) is 11.8. The molecule has 0 fully saturated rings. The van der Waals surface area contributed by atoms with Gasteiger partial charge in [0.15, 0.2) is 0 Å². The molecule has 1 aliphatic carbocycles. The van der Waals surface area contributed by atoms with Crippen LogP contribution in [0, 0.1) is 0 Å². The highest BCUT2D eigenvalue weighted by Crippen LogP contribution is 2.33. The number of benzene rings is 3. The van der Waals surface area contributed by atoms with Crippen molar-refractivity contribution in [1.82, 2.24) is 9.88 Å². The van der Waals surface area contributed by atoms with Crippen LogP contribution in [0.5, 0.6) is 5.75 Å².